The van der Waals surface area contributed by atoms with Gasteiger partial charge in [-0.25, -0.2) is 9.67 Å². The summed E-state index contributed by atoms with van der Waals surface area (Å²) in [6, 6.07) is 12.1. The van der Waals surface area contributed by atoms with Crippen LogP contribution in [0.15, 0.2) is 54.9 Å². The van der Waals surface area contributed by atoms with E-state index in [1.165, 1.54) is 30.3 Å². The van der Waals surface area contributed by atoms with Crippen LogP contribution in [0.1, 0.15) is 17.5 Å². The van der Waals surface area contributed by atoms with Crippen LogP contribution in [0.25, 0.3) is 17.1 Å². The summed E-state index contributed by atoms with van der Waals surface area (Å²) in [7, 11) is 1.35. The molecule has 0 bridgehead atoms. The van der Waals surface area contributed by atoms with Gasteiger partial charge in [-0.2, -0.15) is 13.2 Å². The van der Waals surface area contributed by atoms with E-state index in [4.69, 9.17) is 0 Å². The van der Waals surface area contributed by atoms with Crippen molar-refractivity contribution < 1.29 is 22.7 Å². The molecule has 0 aliphatic carbocycles. The molecule has 3 aromatic rings. The molecule has 0 radical (unpaired) electrons. The first-order valence-electron chi connectivity index (χ1n) is 8.12. The number of ether oxygens (including phenoxy) is 1. The molecule has 0 atom stereocenters. The number of methoxy groups -OCH3 is 1. The summed E-state index contributed by atoms with van der Waals surface area (Å²) in [4.78, 5) is 15.4. The Morgan fingerprint density at radius 2 is 1.74 bits per heavy atom. The number of aryl methyl sites for hydroxylation is 1. The second kappa shape index (κ2) is 7.61. The predicted octanol–water partition coefficient (Wildman–Crippen LogP) is 4.06. The van der Waals surface area contributed by atoms with E-state index in [0.717, 1.165) is 23.3 Å². The molecule has 0 saturated carbocycles. The minimum atomic E-state index is -4.37. The van der Waals surface area contributed by atoms with Crippen molar-refractivity contribution in [2.45, 2.75) is 19.0 Å². The topological polar surface area (TPSA) is 57.0 Å². The van der Waals surface area contributed by atoms with E-state index in [1.54, 1.807) is 0 Å². The van der Waals surface area contributed by atoms with Crippen LogP contribution in [-0.2, 0) is 22.1 Å². The van der Waals surface area contributed by atoms with E-state index in [1.807, 2.05) is 24.3 Å². The van der Waals surface area contributed by atoms with E-state index in [9.17, 15) is 18.0 Å². The summed E-state index contributed by atoms with van der Waals surface area (Å²) in [5, 5.41) is 4.31. The summed E-state index contributed by atoms with van der Waals surface area (Å²) in [5.41, 5.74) is 1.51. The lowest BCUT2D eigenvalue weighted by molar-refractivity contribution is -0.140. The molecule has 0 N–H and O–H groups in total. The lowest BCUT2D eigenvalue weighted by Crippen LogP contribution is -2.05. The van der Waals surface area contributed by atoms with E-state index in [0.29, 0.717) is 24.4 Å². The maximum atomic E-state index is 12.6. The zero-order chi connectivity index (χ0) is 19.4. The molecule has 0 saturated heterocycles. The Labute approximate surface area is 153 Å². The lowest BCUT2D eigenvalue weighted by atomic mass is 10.1. The first kappa shape index (κ1) is 18.6. The van der Waals surface area contributed by atoms with Crippen LogP contribution in [-0.4, -0.2) is 27.8 Å². The number of alkyl halides is 3. The number of carbonyl (C=O) groups excluding carboxylic acids is 1. The van der Waals surface area contributed by atoms with Gasteiger partial charge in [-0.1, -0.05) is 24.3 Å². The van der Waals surface area contributed by atoms with Crippen molar-refractivity contribution in [2.24, 2.45) is 0 Å². The molecule has 1 heterocycles. The molecule has 0 amide bonds. The van der Waals surface area contributed by atoms with Crippen LogP contribution in [0.2, 0.25) is 0 Å². The van der Waals surface area contributed by atoms with E-state index >= 15 is 0 Å². The summed E-state index contributed by atoms with van der Waals surface area (Å²) < 4.78 is 43.9. The van der Waals surface area contributed by atoms with E-state index < -0.39 is 11.7 Å². The van der Waals surface area contributed by atoms with Crippen LogP contribution in [0.5, 0.6) is 0 Å². The second-order valence-electron chi connectivity index (χ2n) is 5.83. The third-order valence-electron chi connectivity index (χ3n) is 4.01. The maximum absolute atomic E-state index is 12.6. The summed E-state index contributed by atoms with van der Waals surface area (Å²) in [5.74, 6) is 0.186. The SMILES string of the molecule is COC(=O)CCc1ccc(-c2ncn(-c3ccc(C(F)(F)F)cc3)n2)cc1. The van der Waals surface area contributed by atoms with E-state index in [2.05, 4.69) is 14.8 Å². The molecular formula is C19H16F3N3O2. The summed E-state index contributed by atoms with van der Waals surface area (Å²) >= 11 is 0. The molecule has 27 heavy (non-hydrogen) atoms. The van der Waals surface area contributed by atoms with Crippen molar-refractivity contribution in [3.05, 3.63) is 66.0 Å². The molecule has 1 aromatic heterocycles. The number of rotatable bonds is 5. The van der Waals surface area contributed by atoms with Gasteiger partial charge in [0.1, 0.15) is 6.33 Å². The van der Waals surface area contributed by atoms with Gasteiger partial charge in [0, 0.05) is 12.0 Å². The number of halogens is 3. The van der Waals surface area contributed by atoms with Gasteiger partial charge >= 0.3 is 12.1 Å². The molecule has 0 fully saturated rings. The number of carbonyl (C=O) groups is 1. The van der Waals surface area contributed by atoms with Gasteiger partial charge in [-0.3, -0.25) is 4.79 Å². The third kappa shape index (κ3) is 4.52. The Bertz CT molecular complexity index is 917. The van der Waals surface area contributed by atoms with E-state index in [-0.39, 0.29) is 5.97 Å². The predicted molar refractivity (Wildman–Crippen MR) is 92.1 cm³/mol. The summed E-state index contributed by atoms with van der Waals surface area (Å²) in [6.45, 7) is 0. The molecule has 5 nitrogen and oxygen atoms in total. The number of benzene rings is 2. The van der Waals surface area contributed by atoms with Gasteiger partial charge in [-0.15, -0.1) is 5.10 Å². The van der Waals surface area contributed by atoms with Gasteiger partial charge in [-0.05, 0) is 36.2 Å². The summed E-state index contributed by atoms with van der Waals surface area (Å²) in [6.07, 6.45) is -2.05. The van der Waals surface area contributed by atoms with Gasteiger partial charge in [0.15, 0.2) is 5.82 Å². The zero-order valence-corrected chi connectivity index (χ0v) is 14.4. The van der Waals surface area contributed by atoms with Crippen molar-refractivity contribution in [3.8, 4) is 17.1 Å². The molecule has 3 rings (SSSR count). The van der Waals surface area contributed by atoms with Crippen molar-refractivity contribution in [1.29, 1.82) is 0 Å². The van der Waals surface area contributed by atoms with Crippen molar-refractivity contribution in [2.75, 3.05) is 7.11 Å². The third-order valence-corrected chi connectivity index (χ3v) is 4.01. The second-order valence-corrected chi connectivity index (χ2v) is 5.83. The average Bonchev–Trinajstić information content (AvgIpc) is 3.16. The smallest absolute Gasteiger partial charge is 0.416 e. The first-order chi connectivity index (χ1) is 12.9. The fourth-order valence-electron chi connectivity index (χ4n) is 2.49. The average molecular weight is 375 g/mol. The maximum Gasteiger partial charge on any atom is 0.416 e. The van der Waals surface area contributed by atoms with Crippen LogP contribution in [0.3, 0.4) is 0 Å². The number of hydrogen-bond donors (Lipinski definition) is 0. The number of esters is 1. The normalized spacial score (nSPS) is 11.4. The van der Waals surface area contributed by atoms with Crippen LogP contribution >= 0.6 is 0 Å². The van der Waals surface area contributed by atoms with Crippen LogP contribution in [0.4, 0.5) is 13.2 Å². The number of nitrogens with zero attached hydrogens (tertiary/aromatic N) is 3. The Morgan fingerprint density at radius 1 is 1.07 bits per heavy atom. The fraction of sp³-hybridized carbons (Fsp3) is 0.211. The molecule has 0 aliphatic heterocycles. The standard InChI is InChI=1S/C19H16F3N3O2/c1-27-17(26)11-4-13-2-5-14(6-3-13)18-23-12-25(24-18)16-9-7-15(8-10-16)19(20,21)22/h2-3,5-10,12H,4,11H2,1H3. The highest BCUT2D eigenvalue weighted by molar-refractivity contribution is 5.69. The monoisotopic (exact) mass is 375 g/mol. The van der Waals surface area contributed by atoms with Gasteiger partial charge < -0.3 is 4.74 Å². The first-order valence-corrected chi connectivity index (χ1v) is 8.12. The quantitative estimate of drug-likeness (QED) is 0.631. The minimum absolute atomic E-state index is 0.268. The van der Waals surface area contributed by atoms with Gasteiger partial charge in [0.2, 0.25) is 0 Å². The highest BCUT2D eigenvalue weighted by atomic mass is 19.4. The molecular weight excluding hydrogens is 359 g/mol. The molecule has 0 unspecified atom stereocenters. The number of hydrogen-bond acceptors (Lipinski definition) is 4. The minimum Gasteiger partial charge on any atom is -0.469 e. The van der Waals surface area contributed by atoms with Crippen molar-refractivity contribution in [1.82, 2.24) is 14.8 Å². The Kier molecular flexibility index (Phi) is 5.25. The molecule has 2 aromatic carbocycles. The van der Waals surface area contributed by atoms with Gasteiger partial charge in [0.05, 0.1) is 18.4 Å². The molecule has 140 valence electrons. The van der Waals surface area contributed by atoms with Crippen LogP contribution < -0.4 is 0 Å². The van der Waals surface area contributed by atoms with Crippen molar-refractivity contribution in [3.63, 3.8) is 0 Å². The van der Waals surface area contributed by atoms with Crippen LogP contribution in [0, 0.1) is 0 Å². The fourth-order valence-corrected chi connectivity index (χ4v) is 2.49. The molecule has 0 aliphatic rings. The largest absolute Gasteiger partial charge is 0.469 e. The highest BCUT2D eigenvalue weighted by Crippen LogP contribution is 2.29. The van der Waals surface area contributed by atoms with Gasteiger partial charge in [0.25, 0.3) is 0 Å². The zero-order valence-electron chi connectivity index (χ0n) is 14.4. The number of aromatic nitrogens is 3. The Balaban J connectivity index is 1.73. The van der Waals surface area contributed by atoms with Crippen molar-refractivity contribution >= 4 is 5.97 Å². The lowest BCUT2D eigenvalue weighted by Gasteiger charge is -2.07. The Morgan fingerprint density at radius 3 is 2.33 bits per heavy atom. The molecule has 8 heteroatoms. The Hall–Kier alpha value is -3.16. The molecule has 0 spiro atoms. The highest BCUT2D eigenvalue weighted by Gasteiger charge is 2.30.